The average Bonchev–Trinajstić information content (AvgIpc) is 2.62. The van der Waals surface area contributed by atoms with Gasteiger partial charge in [0.2, 0.25) is 0 Å². The van der Waals surface area contributed by atoms with E-state index >= 15 is 0 Å². The molecule has 25 heavy (non-hydrogen) atoms. The minimum absolute atomic E-state index is 0.282. The molecule has 7 heteroatoms. The minimum atomic E-state index is -0.695. The summed E-state index contributed by atoms with van der Waals surface area (Å²) in [6.07, 6.45) is 1.97. The summed E-state index contributed by atoms with van der Waals surface area (Å²) in [4.78, 5) is 39.7. The van der Waals surface area contributed by atoms with Crippen LogP contribution in [0.1, 0.15) is 17.3 Å². The first kappa shape index (κ1) is 17.0. The quantitative estimate of drug-likeness (QED) is 0.557. The molecule has 0 bridgehead atoms. The van der Waals surface area contributed by atoms with Crippen LogP contribution in [0.2, 0.25) is 0 Å². The number of rotatable bonds is 4. The van der Waals surface area contributed by atoms with E-state index in [1.165, 1.54) is 4.57 Å². The Labute approximate surface area is 147 Å². The van der Waals surface area contributed by atoms with Crippen LogP contribution in [-0.2, 0) is 6.54 Å². The van der Waals surface area contributed by atoms with Gasteiger partial charge in [0, 0.05) is 22.7 Å². The third-order valence-electron chi connectivity index (χ3n) is 3.88. The van der Waals surface area contributed by atoms with Crippen LogP contribution in [0.25, 0.3) is 11.0 Å². The van der Waals surface area contributed by atoms with Crippen LogP contribution in [0.4, 0.5) is 5.69 Å². The third kappa shape index (κ3) is 3.36. The largest absolute Gasteiger partial charge is 0.322 e. The Morgan fingerprint density at radius 2 is 2.00 bits per heavy atom. The van der Waals surface area contributed by atoms with E-state index in [1.807, 2.05) is 30.5 Å². The predicted molar refractivity (Wildman–Crippen MR) is 101 cm³/mol. The van der Waals surface area contributed by atoms with Crippen LogP contribution < -0.4 is 16.4 Å². The molecule has 0 fully saturated rings. The van der Waals surface area contributed by atoms with Gasteiger partial charge in [-0.25, -0.2) is 0 Å². The molecule has 0 unspecified atom stereocenters. The van der Waals surface area contributed by atoms with Crippen molar-refractivity contribution in [2.75, 3.05) is 11.6 Å². The maximum Gasteiger partial charge on any atom is 0.316 e. The van der Waals surface area contributed by atoms with Gasteiger partial charge in [-0.05, 0) is 49.6 Å². The lowest BCUT2D eigenvalue weighted by atomic mass is 10.1. The predicted octanol–water partition coefficient (Wildman–Crippen LogP) is 2.68. The molecule has 1 aromatic heterocycles. The van der Waals surface area contributed by atoms with E-state index in [-0.39, 0.29) is 5.91 Å². The second kappa shape index (κ2) is 6.98. The van der Waals surface area contributed by atoms with Gasteiger partial charge in [0.05, 0.1) is 11.0 Å². The molecule has 0 atom stereocenters. The first-order valence-corrected chi connectivity index (χ1v) is 8.98. The van der Waals surface area contributed by atoms with Crippen LogP contribution in [0, 0.1) is 0 Å². The number of thioether (sulfide) groups is 1. The Hall–Kier alpha value is -2.80. The summed E-state index contributed by atoms with van der Waals surface area (Å²) < 4.78 is 1.39. The van der Waals surface area contributed by atoms with E-state index in [0.29, 0.717) is 28.8 Å². The Morgan fingerprint density at radius 1 is 1.20 bits per heavy atom. The number of hydrogen-bond donors (Lipinski definition) is 2. The molecule has 0 radical (unpaired) electrons. The highest BCUT2D eigenvalue weighted by Gasteiger charge is 2.11. The zero-order valence-electron chi connectivity index (χ0n) is 13.8. The number of nitrogens with one attached hydrogen (secondary N) is 2. The second-order valence-corrected chi connectivity index (χ2v) is 6.30. The number of aromatic nitrogens is 2. The molecule has 2 aromatic carbocycles. The van der Waals surface area contributed by atoms with Gasteiger partial charge in [0.25, 0.3) is 5.91 Å². The second-order valence-electron chi connectivity index (χ2n) is 5.42. The summed E-state index contributed by atoms with van der Waals surface area (Å²) in [5.74, 6) is -0.282. The summed E-state index contributed by atoms with van der Waals surface area (Å²) in [6.45, 7) is 2.17. The Kier molecular flexibility index (Phi) is 4.76. The molecule has 0 aliphatic rings. The standard InChI is InChI=1S/C18H17N3O3S/c1-3-21-15-8-7-11(9-14(15)20-17(23)18(21)24)16(22)19-12-5-4-6-13(10-12)25-2/h4-10H,3H2,1-2H3,(H,19,22)(H,20,23). The van der Waals surface area contributed by atoms with Crippen molar-refractivity contribution in [1.82, 2.24) is 9.55 Å². The fourth-order valence-electron chi connectivity index (χ4n) is 2.64. The fraction of sp³-hybridized carbons (Fsp3) is 0.167. The number of amides is 1. The third-order valence-corrected chi connectivity index (χ3v) is 4.61. The molecule has 3 aromatic rings. The number of anilines is 1. The van der Waals surface area contributed by atoms with E-state index in [0.717, 1.165) is 4.90 Å². The molecular weight excluding hydrogens is 338 g/mol. The number of H-pyrrole nitrogens is 1. The van der Waals surface area contributed by atoms with Crippen molar-refractivity contribution < 1.29 is 4.79 Å². The van der Waals surface area contributed by atoms with Crippen molar-refractivity contribution in [2.45, 2.75) is 18.4 Å². The van der Waals surface area contributed by atoms with Crippen molar-refractivity contribution in [3.63, 3.8) is 0 Å². The van der Waals surface area contributed by atoms with Gasteiger partial charge in [-0.15, -0.1) is 11.8 Å². The molecular formula is C18H17N3O3S. The summed E-state index contributed by atoms with van der Waals surface area (Å²) in [6, 6.07) is 12.4. The van der Waals surface area contributed by atoms with Crippen LogP contribution >= 0.6 is 11.8 Å². The lowest BCUT2D eigenvalue weighted by Gasteiger charge is -2.10. The number of hydrogen-bond acceptors (Lipinski definition) is 4. The molecule has 0 spiro atoms. The van der Waals surface area contributed by atoms with Gasteiger partial charge in [-0.1, -0.05) is 6.07 Å². The lowest BCUT2D eigenvalue weighted by molar-refractivity contribution is 0.102. The number of fused-ring (bicyclic) bond motifs is 1. The Balaban J connectivity index is 1.98. The van der Waals surface area contributed by atoms with E-state index in [1.54, 1.807) is 36.9 Å². The topological polar surface area (TPSA) is 84.0 Å². The summed E-state index contributed by atoms with van der Waals surface area (Å²) in [5, 5.41) is 2.84. The maximum absolute atomic E-state index is 12.5. The highest BCUT2D eigenvalue weighted by molar-refractivity contribution is 7.98. The van der Waals surface area contributed by atoms with Crippen molar-refractivity contribution in [3.8, 4) is 0 Å². The number of carbonyl (C=O) groups is 1. The first-order chi connectivity index (χ1) is 12.0. The number of nitrogens with zero attached hydrogens (tertiary/aromatic N) is 1. The molecule has 2 N–H and O–H groups in total. The van der Waals surface area contributed by atoms with Crippen LogP contribution in [-0.4, -0.2) is 21.7 Å². The SMILES string of the molecule is CCn1c(=O)c(=O)[nH]c2cc(C(=O)Nc3cccc(SC)c3)ccc21. The van der Waals surface area contributed by atoms with Gasteiger partial charge >= 0.3 is 11.1 Å². The van der Waals surface area contributed by atoms with Gasteiger partial charge in [0.15, 0.2) is 0 Å². The zero-order valence-corrected chi connectivity index (χ0v) is 14.6. The van der Waals surface area contributed by atoms with Crippen molar-refractivity contribution >= 4 is 34.4 Å². The van der Waals surface area contributed by atoms with E-state index in [2.05, 4.69) is 10.3 Å². The highest BCUT2D eigenvalue weighted by Crippen LogP contribution is 2.20. The van der Waals surface area contributed by atoms with Gasteiger partial charge in [0.1, 0.15) is 0 Å². The molecule has 0 aliphatic carbocycles. The average molecular weight is 355 g/mol. The smallest absolute Gasteiger partial charge is 0.316 e. The van der Waals surface area contributed by atoms with Gasteiger partial charge in [-0.2, -0.15) is 0 Å². The summed E-state index contributed by atoms with van der Waals surface area (Å²) >= 11 is 1.59. The molecule has 0 saturated carbocycles. The van der Waals surface area contributed by atoms with E-state index < -0.39 is 11.1 Å². The molecule has 128 valence electrons. The number of benzene rings is 2. The van der Waals surface area contributed by atoms with Crippen molar-refractivity contribution in [3.05, 3.63) is 68.7 Å². The fourth-order valence-corrected chi connectivity index (χ4v) is 3.10. The first-order valence-electron chi connectivity index (χ1n) is 7.75. The van der Waals surface area contributed by atoms with Crippen LogP contribution in [0.15, 0.2) is 56.9 Å². The molecule has 1 heterocycles. The Morgan fingerprint density at radius 3 is 2.72 bits per heavy atom. The molecule has 1 amide bonds. The number of aromatic amines is 1. The summed E-state index contributed by atoms with van der Waals surface area (Å²) in [7, 11) is 0. The molecule has 0 saturated heterocycles. The van der Waals surface area contributed by atoms with Crippen LogP contribution in [0.3, 0.4) is 0 Å². The number of aryl methyl sites for hydroxylation is 1. The van der Waals surface area contributed by atoms with Crippen molar-refractivity contribution in [1.29, 1.82) is 0 Å². The Bertz CT molecular complexity index is 1070. The van der Waals surface area contributed by atoms with E-state index in [9.17, 15) is 14.4 Å². The van der Waals surface area contributed by atoms with E-state index in [4.69, 9.17) is 0 Å². The lowest BCUT2D eigenvalue weighted by Crippen LogP contribution is -2.36. The zero-order chi connectivity index (χ0) is 18.0. The van der Waals surface area contributed by atoms with Crippen LogP contribution in [0.5, 0.6) is 0 Å². The maximum atomic E-state index is 12.5. The van der Waals surface area contributed by atoms with Gasteiger partial charge in [-0.3, -0.25) is 14.4 Å². The highest BCUT2D eigenvalue weighted by atomic mass is 32.2. The number of carbonyl (C=O) groups excluding carboxylic acids is 1. The van der Waals surface area contributed by atoms with Gasteiger partial charge < -0.3 is 14.9 Å². The molecule has 0 aliphatic heterocycles. The monoisotopic (exact) mass is 355 g/mol. The molecule has 6 nitrogen and oxygen atoms in total. The van der Waals surface area contributed by atoms with Crippen molar-refractivity contribution in [2.24, 2.45) is 0 Å². The minimum Gasteiger partial charge on any atom is -0.322 e. The molecule has 3 rings (SSSR count). The normalized spacial score (nSPS) is 10.8. The summed E-state index contributed by atoms with van der Waals surface area (Å²) in [5.41, 5.74) is 0.855.